The lowest BCUT2D eigenvalue weighted by Crippen LogP contribution is -2.39. The summed E-state index contributed by atoms with van der Waals surface area (Å²) < 4.78 is 10.6. The van der Waals surface area contributed by atoms with Gasteiger partial charge in [-0.3, -0.25) is 9.59 Å². The van der Waals surface area contributed by atoms with E-state index in [1.54, 1.807) is 26.2 Å². The number of rotatable bonds is 7. The molecule has 1 saturated heterocycles. The van der Waals surface area contributed by atoms with E-state index in [4.69, 9.17) is 9.47 Å². The Morgan fingerprint density at radius 2 is 2.00 bits per heavy atom. The van der Waals surface area contributed by atoms with Gasteiger partial charge >= 0.3 is 0 Å². The summed E-state index contributed by atoms with van der Waals surface area (Å²) in [5, 5.41) is 3.08. The van der Waals surface area contributed by atoms with Gasteiger partial charge in [-0.25, -0.2) is 0 Å². The molecule has 0 bridgehead atoms. The third-order valence-corrected chi connectivity index (χ3v) is 4.39. The molecule has 7 nitrogen and oxygen atoms in total. The summed E-state index contributed by atoms with van der Waals surface area (Å²) in [5.74, 6) is 0.870. The first-order chi connectivity index (χ1) is 11.8. The molecule has 1 aromatic rings. The Balaban J connectivity index is 2.18. The Bertz CT molecular complexity index is 633. The van der Waals surface area contributed by atoms with Crippen LogP contribution in [0.1, 0.15) is 18.0 Å². The second-order valence-corrected chi connectivity index (χ2v) is 6.61. The predicted octanol–water partition coefficient (Wildman–Crippen LogP) is 0.901. The van der Waals surface area contributed by atoms with E-state index in [2.05, 4.69) is 5.32 Å². The molecule has 0 saturated carbocycles. The highest BCUT2D eigenvalue weighted by Crippen LogP contribution is 2.30. The summed E-state index contributed by atoms with van der Waals surface area (Å²) in [6.45, 7) is 1.10. The fourth-order valence-corrected chi connectivity index (χ4v) is 3.00. The van der Waals surface area contributed by atoms with Crippen molar-refractivity contribution in [3.05, 3.63) is 23.8 Å². The number of likely N-dealkylation sites (N-methyl/N-ethyl adjacent to an activating group) is 1. The molecule has 0 unspecified atom stereocenters. The molecule has 2 atom stereocenters. The molecule has 1 aliphatic rings. The number of hydrogen-bond donors (Lipinski definition) is 1. The summed E-state index contributed by atoms with van der Waals surface area (Å²) in [6.07, 6.45) is 0.267. The van der Waals surface area contributed by atoms with E-state index >= 15 is 0 Å². The van der Waals surface area contributed by atoms with Crippen molar-refractivity contribution >= 4 is 11.8 Å². The van der Waals surface area contributed by atoms with Crippen LogP contribution in [0.25, 0.3) is 0 Å². The lowest BCUT2D eigenvalue weighted by molar-refractivity contribution is -0.128. The topological polar surface area (TPSA) is 71.1 Å². The second-order valence-electron chi connectivity index (χ2n) is 6.61. The van der Waals surface area contributed by atoms with Crippen molar-refractivity contribution in [1.29, 1.82) is 0 Å². The molecule has 2 amide bonds. The van der Waals surface area contributed by atoms with Crippen LogP contribution in [0, 0.1) is 5.92 Å². The predicted molar refractivity (Wildman–Crippen MR) is 94.7 cm³/mol. The number of benzene rings is 1. The second kappa shape index (κ2) is 8.20. The van der Waals surface area contributed by atoms with Gasteiger partial charge in [-0.1, -0.05) is 6.07 Å². The summed E-state index contributed by atoms with van der Waals surface area (Å²) in [7, 11) is 8.80. The number of ether oxygens (including phenoxy) is 2. The van der Waals surface area contributed by atoms with E-state index in [-0.39, 0.29) is 30.2 Å². The average molecular weight is 349 g/mol. The molecule has 1 N–H and O–H groups in total. The number of carbonyl (C=O) groups is 2. The lowest BCUT2D eigenvalue weighted by atomic mass is 10.0. The standard InChI is InChI=1S/C18H27N3O4/c1-20(2)11-14(12-6-7-15(24-4)16(8-12)25-5)19-18(23)13-9-17(22)21(3)10-13/h6-8,13-14H,9-11H2,1-5H3,(H,19,23)/t13-,14+/m1/s1. The Kier molecular flexibility index (Phi) is 6.25. The normalized spacial score (nSPS) is 18.4. The molecule has 0 radical (unpaired) electrons. The van der Waals surface area contributed by atoms with Gasteiger partial charge in [0.1, 0.15) is 0 Å². The van der Waals surface area contributed by atoms with Crippen LogP contribution in [0.2, 0.25) is 0 Å². The minimum Gasteiger partial charge on any atom is -0.493 e. The highest BCUT2D eigenvalue weighted by Gasteiger charge is 2.33. The van der Waals surface area contributed by atoms with Crippen LogP contribution < -0.4 is 14.8 Å². The smallest absolute Gasteiger partial charge is 0.225 e. The van der Waals surface area contributed by atoms with E-state index in [1.165, 1.54) is 0 Å². The van der Waals surface area contributed by atoms with E-state index in [9.17, 15) is 9.59 Å². The van der Waals surface area contributed by atoms with Gasteiger partial charge in [0, 0.05) is 26.6 Å². The molecular weight excluding hydrogens is 322 g/mol. The minimum atomic E-state index is -0.303. The largest absolute Gasteiger partial charge is 0.493 e. The van der Waals surface area contributed by atoms with Gasteiger partial charge < -0.3 is 24.6 Å². The van der Waals surface area contributed by atoms with E-state index in [1.807, 2.05) is 37.2 Å². The maximum atomic E-state index is 12.6. The van der Waals surface area contributed by atoms with Gasteiger partial charge in [0.15, 0.2) is 11.5 Å². The summed E-state index contributed by atoms with van der Waals surface area (Å²) in [6, 6.07) is 5.42. The minimum absolute atomic E-state index is 0.00965. The third-order valence-electron chi connectivity index (χ3n) is 4.39. The number of nitrogens with zero attached hydrogens (tertiary/aromatic N) is 2. The van der Waals surface area contributed by atoms with Crippen molar-refractivity contribution in [3.8, 4) is 11.5 Å². The van der Waals surface area contributed by atoms with Gasteiger partial charge in [-0.05, 0) is 31.8 Å². The molecule has 7 heteroatoms. The molecule has 1 fully saturated rings. The first kappa shape index (κ1) is 19.1. The maximum Gasteiger partial charge on any atom is 0.225 e. The molecule has 0 aromatic heterocycles. The molecule has 1 heterocycles. The van der Waals surface area contributed by atoms with Gasteiger partial charge in [-0.2, -0.15) is 0 Å². The number of carbonyl (C=O) groups excluding carboxylic acids is 2. The van der Waals surface area contributed by atoms with Crippen LogP contribution in [0.3, 0.4) is 0 Å². The molecule has 0 aliphatic carbocycles. The third kappa shape index (κ3) is 4.63. The first-order valence-electron chi connectivity index (χ1n) is 8.26. The molecule has 25 heavy (non-hydrogen) atoms. The van der Waals surface area contributed by atoms with Gasteiger partial charge in [-0.15, -0.1) is 0 Å². The van der Waals surface area contributed by atoms with Crippen molar-refractivity contribution < 1.29 is 19.1 Å². The molecule has 1 aromatic carbocycles. The Morgan fingerprint density at radius 1 is 1.32 bits per heavy atom. The van der Waals surface area contributed by atoms with Crippen molar-refractivity contribution in [1.82, 2.24) is 15.1 Å². The number of amides is 2. The van der Waals surface area contributed by atoms with Gasteiger partial charge in [0.25, 0.3) is 0 Å². The molecular formula is C18H27N3O4. The highest BCUT2D eigenvalue weighted by atomic mass is 16.5. The number of hydrogen-bond acceptors (Lipinski definition) is 5. The fourth-order valence-electron chi connectivity index (χ4n) is 3.00. The Morgan fingerprint density at radius 3 is 2.52 bits per heavy atom. The van der Waals surface area contributed by atoms with Crippen molar-refractivity contribution in [2.75, 3.05) is 48.5 Å². The lowest BCUT2D eigenvalue weighted by Gasteiger charge is -2.25. The van der Waals surface area contributed by atoms with E-state index in [0.717, 1.165) is 5.56 Å². The zero-order valence-corrected chi connectivity index (χ0v) is 15.5. The zero-order valence-electron chi connectivity index (χ0n) is 15.5. The van der Waals surface area contributed by atoms with Crippen LogP contribution in [0.4, 0.5) is 0 Å². The Labute approximate surface area is 148 Å². The highest BCUT2D eigenvalue weighted by molar-refractivity contribution is 5.89. The first-order valence-corrected chi connectivity index (χ1v) is 8.26. The number of methoxy groups -OCH3 is 2. The summed E-state index contributed by atoms with van der Waals surface area (Å²) in [4.78, 5) is 27.9. The molecule has 2 rings (SSSR count). The van der Waals surface area contributed by atoms with Crippen LogP contribution in [0.5, 0.6) is 11.5 Å². The number of nitrogens with one attached hydrogen (secondary N) is 1. The SMILES string of the molecule is COc1ccc([C@H](CN(C)C)NC(=O)[C@@H]2CC(=O)N(C)C2)cc1OC. The van der Waals surface area contributed by atoms with Crippen LogP contribution in [-0.2, 0) is 9.59 Å². The van der Waals surface area contributed by atoms with Crippen LogP contribution >= 0.6 is 0 Å². The molecule has 0 spiro atoms. The van der Waals surface area contributed by atoms with Crippen molar-refractivity contribution in [2.24, 2.45) is 5.92 Å². The Hall–Kier alpha value is -2.28. The summed E-state index contributed by atoms with van der Waals surface area (Å²) >= 11 is 0. The molecule has 138 valence electrons. The quantitative estimate of drug-likeness (QED) is 0.792. The number of likely N-dealkylation sites (tertiary alicyclic amines) is 1. The fraction of sp³-hybridized carbons (Fsp3) is 0.556. The van der Waals surface area contributed by atoms with E-state index < -0.39 is 0 Å². The van der Waals surface area contributed by atoms with Gasteiger partial charge in [0.05, 0.1) is 26.2 Å². The average Bonchev–Trinajstić information content (AvgIpc) is 2.92. The summed E-state index contributed by atoms with van der Waals surface area (Å²) in [5.41, 5.74) is 0.928. The van der Waals surface area contributed by atoms with Crippen LogP contribution in [-0.4, -0.2) is 70.1 Å². The maximum absolute atomic E-state index is 12.6. The van der Waals surface area contributed by atoms with Crippen molar-refractivity contribution in [2.45, 2.75) is 12.5 Å². The monoisotopic (exact) mass is 349 g/mol. The zero-order chi connectivity index (χ0) is 18.6. The van der Waals surface area contributed by atoms with E-state index in [0.29, 0.717) is 24.6 Å². The van der Waals surface area contributed by atoms with Crippen molar-refractivity contribution in [3.63, 3.8) is 0 Å². The van der Waals surface area contributed by atoms with Gasteiger partial charge in [0.2, 0.25) is 11.8 Å². The van der Waals surface area contributed by atoms with Crippen LogP contribution in [0.15, 0.2) is 18.2 Å². The molecule has 1 aliphatic heterocycles.